The Bertz CT molecular complexity index is 588. The first-order valence-corrected chi connectivity index (χ1v) is 7.88. The first kappa shape index (κ1) is 15.0. The van der Waals surface area contributed by atoms with E-state index in [1.807, 2.05) is 26.0 Å². The van der Waals surface area contributed by atoms with Crippen LogP contribution in [0.2, 0.25) is 0 Å². The first-order valence-electron chi connectivity index (χ1n) is 7.88. The van der Waals surface area contributed by atoms with Crippen LogP contribution in [0, 0.1) is 0 Å². The van der Waals surface area contributed by atoms with Crippen LogP contribution in [-0.4, -0.2) is 34.4 Å². The molecule has 1 aliphatic heterocycles. The number of nitrogens with zero attached hydrogens (tertiary/aromatic N) is 3. The van der Waals surface area contributed by atoms with Gasteiger partial charge >= 0.3 is 0 Å². The van der Waals surface area contributed by atoms with Crippen molar-refractivity contribution >= 4 is 5.82 Å². The van der Waals surface area contributed by atoms with Gasteiger partial charge in [-0.2, -0.15) is 4.98 Å². The Hall–Kier alpha value is -1.95. The molecular formula is C16H22N4O2. The summed E-state index contributed by atoms with van der Waals surface area (Å²) in [5.74, 6) is 2.31. The van der Waals surface area contributed by atoms with Crippen molar-refractivity contribution in [2.24, 2.45) is 0 Å². The van der Waals surface area contributed by atoms with Gasteiger partial charge in [0.1, 0.15) is 5.82 Å². The molecule has 0 radical (unpaired) electrons. The molecule has 3 rings (SSSR count). The third kappa shape index (κ3) is 3.62. The average Bonchev–Trinajstić information content (AvgIpc) is 3.05. The normalized spacial score (nSPS) is 18.6. The maximum Gasteiger partial charge on any atom is 0.259 e. The predicted molar refractivity (Wildman–Crippen MR) is 83.7 cm³/mol. The lowest BCUT2D eigenvalue weighted by atomic mass is 10.1. The van der Waals surface area contributed by atoms with Crippen molar-refractivity contribution in [2.45, 2.75) is 45.1 Å². The largest absolute Gasteiger partial charge is 0.376 e. The lowest BCUT2D eigenvalue weighted by Gasteiger charge is -2.22. The van der Waals surface area contributed by atoms with Crippen molar-refractivity contribution in [2.75, 3.05) is 18.5 Å². The fourth-order valence-electron chi connectivity index (χ4n) is 2.40. The highest BCUT2D eigenvalue weighted by molar-refractivity contribution is 5.54. The number of pyridine rings is 1. The lowest BCUT2D eigenvalue weighted by molar-refractivity contribution is 0.0247. The van der Waals surface area contributed by atoms with Gasteiger partial charge in [0.15, 0.2) is 5.82 Å². The minimum atomic E-state index is 0.252. The van der Waals surface area contributed by atoms with Gasteiger partial charge in [-0.25, -0.2) is 4.98 Å². The summed E-state index contributed by atoms with van der Waals surface area (Å²) < 4.78 is 11.0. The van der Waals surface area contributed by atoms with Gasteiger partial charge in [0.25, 0.3) is 5.89 Å². The molecule has 0 unspecified atom stereocenters. The fraction of sp³-hybridized carbons (Fsp3) is 0.562. The van der Waals surface area contributed by atoms with E-state index in [-0.39, 0.29) is 5.92 Å². The van der Waals surface area contributed by atoms with E-state index in [4.69, 9.17) is 9.26 Å². The SMILES string of the molecule is CC(C)c1noc(-c2ccc(NC[C@@H]3CCCCO3)nc2)n1. The van der Waals surface area contributed by atoms with Gasteiger partial charge in [0.2, 0.25) is 0 Å². The smallest absolute Gasteiger partial charge is 0.259 e. The Morgan fingerprint density at radius 2 is 2.23 bits per heavy atom. The van der Waals surface area contributed by atoms with Crippen LogP contribution in [0.3, 0.4) is 0 Å². The minimum Gasteiger partial charge on any atom is -0.376 e. The highest BCUT2D eigenvalue weighted by Gasteiger charge is 2.14. The van der Waals surface area contributed by atoms with Crippen LogP contribution < -0.4 is 5.32 Å². The van der Waals surface area contributed by atoms with E-state index in [9.17, 15) is 0 Å². The van der Waals surface area contributed by atoms with Gasteiger partial charge in [-0.05, 0) is 31.4 Å². The Morgan fingerprint density at radius 3 is 2.86 bits per heavy atom. The van der Waals surface area contributed by atoms with Crippen LogP contribution in [0.5, 0.6) is 0 Å². The summed E-state index contributed by atoms with van der Waals surface area (Å²) in [7, 11) is 0. The molecular weight excluding hydrogens is 280 g/mol. The van der Waals surface area contributed by atoms with Crippen molar-refractivity contribution in [1.82, 2.24) is 15.1 Å². The molecule has 0 bridgehead atoms. The van der Waals surface area contributed by atoms with E-state index in [0.717, 1.165) is 31.0 Å². The topological polar surface area (TPSA) is 73.1 Å². The highest BCUT2D eigenvalue weighted by atomic mass is 16.5. The standard InChI is InChI=1S/C16H22N4O2/c1-11(2)15-19-16(22-20-15)12-6-7-14(17-9-12)18-10-13-5-3-4-8-21-13/h6-7,9,11,13H,3-5,8,10H2,1-2H3,(H,17,18)/t13-/m0/s1. The van der Waals surface area contributed by atoms with Crippen LogP contribution in [0.15, 0.2) is 22.9 Å². The molecule has 3 heterocycles. The minimum absolute atomic E-state index is 0.252. The molecule has 1 fully saturated rings. The van der Waals surface area contributed by atoms with Gasteiger partial charge in [-0.15, -0.1) is 0 Å². The summed E-state index contributed by atoms with van der Waals surface area (Å²) in [5.41, 5.74) is 0.832. The average molecular weight is 302 g/mol. The summed E-state index contributed by atoms with van der Waals surface area (Å²) in [6, 6.07) is 3.87. The number of aromatic nitrogens is 3. The van der Waals surface area contributed by atoms with Crippen LogP contribution in [-0.2, 0) is 4.74 Å². The molecule has 6 nitrogen and oxygen atoms in total. The number of hydrogen-bond acceptors (Lipinski definition) is 6. The molecule has 0 amide bonds. The molecule has 0 aliphatic carbocycles. The number of anilines is 1. The summed E-state index contributed by atoms with van der Waals surface area (Å²) in [6.07, 6.45) is 5.58. The van der Waals surface area contributed by atoms with Gasteiger partial charge < -0.3 is 14.6 Å². The molecule has 118 valence electrons. The molecule has 0 spiro atoms. The lowest BCUT2D eigenvalue weighted by Crippen LogP contribution is -2.27. The molecule has 0 saturated carbocycles. The molecule has 1 atom stereocenters. The number of hydrogen-bond donors (Lipinski definition) is 1. The fourth-order valence-corrected chi connectivity index (χ4v) is 2.40. The molecule has 1 N–H and O–H groups in total. The van der Waals surface area contributed by atoms with Crippen molar-refractivity contribution in [3.05, 3.63) is 24.2 Å². The summed E-state index contributed by atoms with van der Waals surface area (Å²) >= 11 is 0. The van der Waals surface area contributed by atoms with Crippen molar-refractivity contribution in [3.8, 4) is 11.5 Å². The maximum absolute atomic E-state index is 5.69. The number of ether oxygens (including phenoxy) is 1. The van der Waals surface area contributed by atoms with Gasteiger partial charge in [-0.1, -0.05) is 19.0 Å². The number of rotatable bonds is 5. The maximum atomic E-state index is 5.69. The molecule has 2 aromatic rings. The molecule has 6 heteroatoms. The molecule has 1 aliphatic rings. The van der Waals surface area contributed by atoms with Gasteiger partial charge in [0, 0.05) is 25.3 Å². The zero-order valence-electron chi connectivity index (χ0n) is 13.1. The van der Waals surface area contributed by atoms with Crippen molar-refractivity contribution < 1.29 is 9.26 Å². The van der Waals surface area contributed by atoms with Crippen LogP contribution in [0.4, 0.5) is 5.82 Å². The summed E-state index contributed by atoms with van der Waals surface area (Å²) in [4.78, 5) is 8.77. The Balaban J connectivity index is 1.59. The van der Waals surface area contributed by atoms with E-state index >= 15 is 0 Å². The van der Waals surface area contributed by atoms with Gasteiger partial charge in [0.05, 0.1) is 11.7 Å². The van der Waals surface area contributed by atoms with Crippen LogP contribution in [0.1, 0.15) is 44.9 Å². The van der Waals surface area contributed by atoms with E-state index in [1.54, 1.807) is 6.20 Å². The van der Waals surface area contributed by atoms with E-state index in [0.29, 0.717) is 17.8 Å². The third-order valence-electron chi connectivity index (χ3n) is 3.75. The zero-order valence-corrected chi connectivity index (χ0v) is 13.1. The van der Waals surface area contributed by atoms with Crippen molar-refractivity contribution in [3.63, 3.8) is 0 Å². The van der Waals surface area contributed by atoms with E-state index < -0.39 is 0 Å². The molecule has 22 heavy (non-hydrogen) atoms. The third-order valence-corrected chi connectivity index (χ3v) is 3.75. The van der Waals surface area contributed by atoms with Gasteiger partial charge in [-0.3, -0.25) is 0 Å². The second kappa shape index (κ2) is 6.87. The Morgan fingerprint density at radius 1 is 1.32 bits per heavy atom. The summed E-state index contributed by atoms with van der Waals surface area (Å²) in [5, 5.41) is 7.28. The first-order chi connectivity index (χ1) is 10.7. The Kier molecular flexibility index (Phi) is 4.68. The second-order valence-electron chi connectivity index (χ2n) is 5.91. The summed E-state index contributed by atoms with van der Waals surface area (Å²) in [6.45, 7) is 5.74. The zero-order chi connectivity index (χ0) is 15.4. The second-order valence-corrected chi connectivity index (χ2v) is 5.91. The quantitative estimate of drug-likeness (QED) is 0.914. The molecule has 2 aromatic heterocycles. The molecule has 0 aromatic carbocycles. The number of nitrogens with one attached hydrogen (secondary N) is 1. The van der Waals surface area contributed by atoms with Crippen LogP contribution in [0.25, 0.3) is 11.5 Å². The molecule has 1 saturated heterocycles. The van der Waals surface area contributed by atoms with E-state index in [1.165, 1.54) is 12.8 Å². The van der Waals surface area contributed by atoms with E-state index in [2.05, 4.69) is 20.4 Å². The van der Waals surface area contributed by atoms with Crippen molar-refractivity contribution in [1.29, 1.82) is 0 Å². The Labute approximate surface area is 130 Å². The highest BCUT2D eigenvalue weighted by Crippen LogP contribution is 2.20. The monoisotopic (exact) mass is 302 g/mol. The van der Waals surface area contributed by atoms with Crippen LogP contribution >= 0.6 is 0 Å². The predicted octanol–water partition coefficient (Wildman–Crippen LogP) is 3.24.